The van der Waals surface area contributed by atoms with E-state index in [1.165, 1.54) is 57.3 Å². The molecular weight excluding hydrogens is 458 g/mol. The molecule has 1 saturated carbocycles. The average Bonchev–Trinajstić information content (AvgIpc) is 3.51. The van der Waals surface area contributed by atoms with Crippen LogP contribution in [0.4, 0.5) is 0 Å². The minimum atomic E-state index is -0.726. The third kappa shape index (κ3) is 5.28. The highest BCUT2D eigenvalue weighted by Gasteiger charge is 2.53. The van der Waals surface area contributed by atoms with E-state index in [0.717, 1.165) is 24.5 Å². The molecule has 0 heterocycles. The molecule has 37 heavy (non-hydrogen) atoms. The standard InChI is InChI=1S/C33H41NO3/c1-21-15-27(36-14-13-32(4,5)35)16-22(2)31(21)28-8-6-7-24(23(28)3)20-37-26-9-10-29-25(17-26)18-33(11-12-33)30(29)19-34/h6-10,15-17,30,35H,11-14,18-20,34H2,1-5H3. The lowest BCUT2D eigenvalue weighted by Gasteiger charge is -2.19. The Labute approximate surface area is 221 Å². The summed E-state index contributed by atoms with van der Waals surface area (Å²) in [6, 6.07) is 17.3. The number of hydrogen-bond donors (Lipinski definition) is 2. The quantitative estimate of drug-likeness (QED) is 0.341. The molecule has 3 N–H and O–H groups in total. The van der Waals surface area contributed by atoms with E-state index >= 15 is 0 Å². The predicted molar refractivity (Wildman–Crippen MR) is 150 cm³/mol. The molecule has 4 nitrogen and oxygen atoms in total. The summed E-state index contributed by atoms with van der Waals surface area (Å²) in [5.74, 6) is 2.30. The van der Waals surface area contributed by atoms with Gasteiger partial charge in [0.1, 0.15) is 18.1 Å². The largest absolute Gasteiger partial charge is 0.493 e. The van der Waals surface area contributed by atoms with Crippen LogP contribution in [0.2, 0.25) is 0 Å². The lowest BCUT2D eigenvalue weighted by Crippen LogP contribution is -2.21. The zero-order valence-corrected chi connectivity index (χ0v) is 23.0. The highest BCUT2D eigenvalue weighted by molar-refractivity contribution is 5.75. The Morgan fingerprint density at radius 1 is 0.973 bits per heavy atom. The summed E-state index contributed by atoms with van der Waals surface area (Å²) in [5.41, 5.74) is 16.0. The third-order valence-electron chi connectivity index (χ3n) is 8.50. The average molecular weight is 500 g/mol. The molecule has 0 aliphatic heterocycles. The van der Waals surface area contributed by atoms with Gasteiger partial charge < -0.3 is 20.3 Å². The molecule has 1 unspecified atom stereocenters. The van der Waals surface area contributed by atoms with Crippen LogP contribution in [0.5, 0.6) is 11.5 Å². The minimum absolute atomic E-state index is 0.437. The summed E-state index contributed by atoms with van der Waals surface area (Å²) in [7, 11) is 0. The first-order chi connectivity index (χ1) is 17.6. The molecule has 1 fully saturated rings. The maximum absolute atomic E-state index is 9.96. The molecule has 2 aliphatic carbocycles. The number of nitrogens with two attached hydrogens (primary N) is 1. The fourth-order valence-electron chi connectivity index (χ4n) is 6.18. The Hall–Kier alpha value is -2.82. The summed E-state index contributed by atoms with van der Waals surface area (Å²) in [4.78, 5) is 0. The second-order valence-electron chi connectivity index (χ2n) is 11.9. The molecule has 0 radical (unpaired) electrons. The van der Waals surface area contributed by atoms with E-state index in [4.69, 9.17) is 15.2 Å². The second kappa shape index (κ2) is 9.81. The van der Waals surface area contributed by atoms with Crippen LogP contribution in [0.25, 0.3) is 11.1 Å². The first-order valence-electron chi connectivity index (χ1n) is 13.6. The van der Waals surface area contributed by atoms with Crippen molar-refractivity contribution in [3.8, 4) is 22.6 Å². The van der Waals surface area contributed by atoms with Crippen LogP contribution in [0, 0.1) is 26.2 Å². The van der Waals surface area contributed by atoms with E-state index in [-0.39, 0.29) is 0 Å². The van der Waals surface area contributed by atoms with Crippen molar-refractivity contribution < 1.29 is 14.6 Å². The fourth-order valence-corrected chi connectivity index (χ4v) is 6.18. The van der Waals surface area contributed by atoms with E-state index in [0.29, 0.717) is 31.0 Å². The normalized spacial score (nSPS) is 17.6. The van der Waals surface area contributed by atoms with Crippen molar-refractivity contribution in [3.63, 3.8) is 0 Å². The van der Waals surface area contributed by atoms with Gasteiger partial charge in [-0.15, -0.1) is 0 Å². The van der Waals surface area contributed by atoms with Gasteiger partial charge in [0.2, 0.25) is 0 Å². The topological polar surface area (TPSA) is 64.7 Å². The maximum Gasteiger partial charge on any atom is 0.120 e. The monoisotopic (exact) mass is 499 g/mol. The predicted octanol–water partition coefficient (Wildman–Crippen LogP) is 6.78. The van der Waals surface area contributed by atoms with Gasteiger partial charge in [-0.25, -0.2) is 0 Å². The van der Waals surface area contributed by atoms with Crippen molar-refractivity contribution in [2.75, 3.05) is 13.2 Å². The number of aryl methyl sites for hydroxylation is 2. The van der Waals surface area contributed by atoms with Gasteiger partial charge in [0.15, 0.2) is 0 Å². The Morgan fingerprint density at radius 2 is 1.70 bits per heavy atom. The highest BCUT2D eigenvalue weighted by Crippen LogP contribution is 2.62. The summed E-state index contributed by atoms with van der Waals surface area (Å²) in [5, 5.41) is 9.96. The Bertz CT molecular complexity index is 1280. The smallest absolute Gasteiger partial charge is 0.120 e. The van der Waals surface area contributed by atoms with Crippen LogP contribution in [0.15, 0.2) is 48.5 Å². The number of aliphatic hydroxyl groups is 1. The van der Waals surface area contributed by atoms with Gasteiger partial charge in [-0.2, -0.15) is 0 Å². The van der Waals surface area contributed by atoms with Gasteiger partial charge in [-0.1, -0.05) is 24.3 Å². The molecule has 196 valence electrons. The van der Waals surface area contributed by atoms with Crippen molar-refractivity contribution in [1.29, 1.82) is 0 Å². The van der Waals surface area contributed by atoms with E-state index in [1.807, 2.05) is 0 Å². The van der Waals surface area contributed by atoms with Crippen LogP contribution in [-0.4, -0.2) is 23.9 Å². The second-order valence-corrected chi connectivity index (χ2v) is 11.9. The van der Waals surface area contributed by atoms with Crippen LogP contribution < -0.4 is 15.2 Å². The molecule has 0 bridgehead atoms. The van der Waals surface area contributed by atoms with Gasteiger partial charge in [-0.05, 0) is 135 Å². The Morgan fingerprint density at radius 3 is 2.35 bits per heavy atom. The zero-order chi connectivity index (χ0) is 26.4. The lowest BCUT2D eigenvalue weighted by molar-refractivity contribution is 0.0553. The number of fused-ring (bicyclic) bond motifs is 1. The molecule has 5 rings (SSSR count). The molecule has 3 aromatic carbocycles. The third-order valence-corrected chi connectivity index (χ3v) is 8.50. The van der Waals surface area contributed by atoms with Crippen molar-refractivity contribution in [3.05, 3.63) is 81.9 Å². The van der Waals surface area contributed by atoms with Gasteiger partial charge >= 0.3 is 0 Å². The molecule has 0 aromatic heterocycles. The molecule has 3 aromatic rings. The first kappa shape index (κ1) is 25.8. The van der Waals surface area contributed by atoms with Crippen LogP contribution >= 0.6 is 0 Å². The number of hydrogen-bond acceptors (Lipinski definition) is 4. The molecule has 1 spiro atoms. The summed E-state index contributed by atoms with van der Waals surface area (Å²) >= 11 is 0. The zero-order valence-electron chi connectivity index (χ0n) is 23.0. The summed E-state index contributed by atoms with van der Waals surface area (Å²) in [6.45, 7) is 11.8. The van der Waals surface area contributed by atoms with Crippen molar-refractivity contribution in [1.82, 2.24) is 0 Å². The van der Waals surface area contributed by atoms with Gasteiger partial charge in [-0.3, -0.25) is 0 Å². The molecule has 4 heteroatoms. The Balaban J connectivity index is 1.31. The van der Waals surface area contributed by atoms with E-state index in [9.17, 15) is 5.11 Å². The van der Waals surface area contributed by atoms with Gasteiger partial charge in [0, 0.05) is 12.3 Å². The van der Waals surface area contributed by atoms with Crippen molar-refractivity contribution in [2.45, 2.75) is 78.4 Å². The summed E-state index contributed by atoms with van der Waals surface area (Å²) < 4.78 is 12.3. The first-order valence-corrected chi connectivity index (χ1v) is 13.6. The maximum atomic E-state index is 9.96. The minimum Gasteiger partial charge on any atom is -0.493 e. The molecule has 0 saturated heterocycles. The fraction of sp³-hybridized carbons (Fsp3) is 0.455. The highest BCUT2D eigenvalue weighted by atomic mass is 16.5. The summed E-state index contributed by atoms with van der Waals surface area (Å²) in [6.07, 6.45) is 4.34. The van der Waals surface area contributed by atoms with E-state index in [2.05, 4.69) is 69.3 Å². The molecule has 2 aliphatic rings. The number of rotatable bonds is 9. The SMILES string of the molecule is Cc1cc(OCCC(C)(C)O)cc(C)c1-c1cccc(COc2ccc3c(c2)CC2(CC2)C3CN)c1C. The van der Waals surface area contributed by atoms with E-state index < -0.39 is 5.60 Å². The van der Waals surface area contributed by atoms with Crippen LogP contribution in [-0.2, 0) is 13.0 Å². The van der Waals surface area contributed by atoms with Gasteiger partial charge in [0.25, 0.3) is 0 Å². The molecular formula is C33H41NO3. The number of benzene rings is 3. The van der Waals surface area contributed by atoms with Crippen molar-refractivity contribution >= 4 is 0 Å². The van der Waals surface area contributed by atoms with Crippen LogP contribution in [0.1, 0.15) is 72.4 Å². The molecule has 0 amide bonds. The van der Waals surface area contributed by atoms with Gasteiger partial charge in [0.05, 0.1) is 12.2 Å². The van der Waals surface area contributed by atoms with Crippen molar-refractivity contribution in [2.24, 2.45) is 11.1 Å². The number of ether oxygens (including phenoxy) is 2. The van der Waals surface area contributed by atoms with E-state index in [1.54, 1.807) is 13.8 Å². The molecule has 1 atom stereocenters. The van der Waals surface area contributed by atoms with Crippen LogP contribution in [0.3, 0.4) is 0 Å². The lowest BCUT2D eigenvalue weighted by atomic mass is 9.90. The Kier molecular flexibility index (Phi) is 6.84.